The number of fused-ring (bicyclic) bond motifs is 19. The molecule has 4 aliphatic rings. The fourth-order valence-electron chi connectivity index (χ4n) is 21.8. The maximum atomic E-state index is 5.19. The van der Waals surface area contributed by atoms with Crippen molar-refractivity contribution < 1.29 is 0 Å². The van der Waals surface area contributed by atoms with E-state index < -0.39 is 0 Å². The largest absolute Gasteiger partial charge is 0.255 e. The van der Waals surface area contributed by atoms with E-state index in [1.54, 1.807) is 12.4 Å². The van der Waals surface area contributed by atoms with Gasteiger partial charge >= 0.3 is 0 Å². The summed E-state index contributed by atoms with van der Waals surface area (Å²) in [6, 6.07) is 129. The van der Waals surface area contributed by atoms with Crippen LogP contribution in [0.5, 0.6) is 0 Å². The normalized spacial score (nSPS) is 14.3. The SMILES string of the molecule is C1=CC2=C(c3ccc4ccc(-c5ccccn5)nc4c3)C=CC3=CC=C4C(c5c6ccccc6nc6c5ccc5cccnc56)=CC=C1C4C32.c1ccc(-c2ccc3ccc(-c4ccc5c(ccc6ccc(-c7c8ccccc8nc8c7ccc7cccnc78)cc65)c4)cc3n2)nc1.c1ccc(-c2ccc3ccc(-c4ccc5nc(-c6c7ccccc7nc7c6ccc6cccnc67)ccc5c4)cc3n2)nc1. The van der Waals surface area contributed by atoms with Crippen molar-refractivity contribution in [1.29, 1.82) is 0 Å². The zero-order valence-corrected chi connectivity index (χ0v) is 76.3. The summed E-state index contributed by atoms with van der Waals surface area (Å²) in [5.41, 5.74) is 36.7. The molecule has 658 valence electrons. The van der Waals surface area contributed by atoms with E-state index in [0.29, 0.717) is 0 Å². The zero-order valence-electron chi connectivity index (χ0n) is 76.3. The Bertz CT molecular complexity index is 10200. The van der Waals surface area contributed by atoms with E-state index in [4.69, 9.17) is 44.9 Å². The van der Waals surface area contributed by atoms with E-state index >= 15 is 0 Å². The van der Waals surface area contributed by atoms with E-state index in [2.05, 4.69) is 348 Å². The minimum absolute atomic E-state index is 0.213. The number of aromatic nitrogens is 13. The Morgan fingerprint density at radius 2 is 0.570 bits per heavy atom. The first-order valence-electron chi connectivity index (χ1n) is 47.8. The topological polar surface area (TPSA) is 168 Å². The first-order chi connectivity index (χ1) is 70.3. The number of hydrogen-bond donors (Lipinski definition) is 0. The molecular weight excluding hydrogens is 1730 g/mol. The van der Waals surface area contributed by atoms with Crippen LogP contribution in [0.3, 0.4) is 0 Å². The molecule has 0 saturated carbocycles. The lowest BCUT2D eigenvalue weighted by Gasteiger charge is -2.42. The van der Waals surface area contributed by atoms with Crippen LogP contribution in [0.15, 0.2) is 478 Å². The average molecular weight is 1810 g/mol. The number of para-hydroxylation sites is 3. The smallest absolute Gasteiger partial charge is 0.0979 e. The second-order valence-corrected chi connectivity index (χ2v) is 36.6. The molecular formula is C129H77N13. The van der Waals surface area contributed by atoms with Crippen LogP contribution in [0.1, 0.15) is 11.1 Å². The Hall–Kier alpha value is -19.1. The fraction of sp³-hybridized carbons (Fsp3) is 0.0155. The fourth-order valence-corrected chi connectivity index (χ4v) is 21.8. The molecule has 0 N–H and O–H groups in total. The summed E-state index contributed by atoms with van der Waals surface area (Å²) in [7, 11) is 0. The van der Waals surface area contributed by atoms with Gasteiger partial charge in [-0.25, -0.2) is 34.9 Å². The molecule has 0 aliphatic heterocycles. The Morgan fingerprint density at radius 3 is 1.13 bits per heavy atom. The minimum atomic E-state index is 0.213. The van der Waals surface area contributed by atoms with Crippen molar-refractivity contribution in [2.45, 2.75) is 0 Å². The van der Waals surface area contributed by atoms with Crippen molar-refractivity contribution in [3.63, 3.8) is 0 Å². The molecule has 0 bridgehead atoms. The van der Waals surface area contributed by atoms with Crippen LogP contribution < -0.4 is 0 Å². The predicted octanol–water partition coefficient (Wildman–Crippen LogP) is 31.2. The van der Waals surface area contributed by atoms with Gasteiger partial charge in [0.2, 0.25) is 0 Å². The molecule has 13 aromatic carbocycles. The highest BCUT2D eigenvalue weighted by Crippen LogP contribution is 2.56. The van der Waals surface area contributed by atoms with Gasteiger partial charge in [0.25, 0.3) is 0 Å². The van der Waals surface area contributed by atoms with E-state index in [9.17, 15) is 0 Å². The number of benzene rings is 13. The molecule has 13 heterocycles. The van der Waals surface area contributed by atoms with Crippen LogP contribution in [-0.4, -0.2) is 64.8 Å². The summed E-state index contributed by atoms with van der Waals surface area (Å²) in [5, 5.41) is 19.2. The van der Waals surface area contributed by atoms with Crippen LogP contribution in [-0.2, 0) is 0 Å². The molecule has 30 rings (SSSR count). The Kier molecular flexibility index (Phi) is 19.1. The molecule has 142 heavy (non-hydrogen) atoms. The van der Waals surface area contributed by atoms with E-state index in [1.807, 2.05) is 116 Å². The summed E-state index contributed by atoms with van der Waals surface area (Å²) in [6.45, 7) is 0. The molecule has 13 nitrogen and oxygen atoms in total. The van der Waals surface area contributed by atoms with Crippen LogP contribution >= 0.6 is 0 Å². The number of allylic oxidation sites excluding steroid dienone is 14. The van der Waals surface area contributed by atoms with Crippen molar-refractivity contribution >= 4 is 174 Å². The highest BCUT2D eigenvalue weighted by Gasteiger charge is 2.41. The second kappa shape index (κ2) is 33.4. The molecule has 13 heteroatoms. The number of pyridine rings is 13. The van der Waals surface area contributed by atoms with Crippen LogP contribution in [0.2, 0.25) is 0 Å². The van der Waals surface area contributed by atoms with Gasteiger partial charge in [0.05, 0.1) is 112 Å². The predicted molar refractivity (Wildman–Crippen MR) is 582 cm³/mol. The lowest BCUT2D eigenvalue weighted by Crippen LogP contribution is -2.30. The Balaban J connectivity index is 0.000000104. The maximum Gasteiger partial charge on any atom is 0.0979 e. The lowest BCUT2D eigenvalue weighted by atomic mass is 9.61. The summed E-state index contributed by atoms with van der Waals surface area (Å²) in [5.74, 6) is 0.435. The molecule has 0 fully saturated rings. The Labute approximate surface area is 813 Å². The van der Waals surface area contributed by atoms with Crippen molar-refractivity contribution in [2.75, 3.05) is 0 Å². The number of rotatable bonds is 9. The van der Waals surface area contributed by atoms with E-state index in [0.717, 1.165) is 209 Å². The van der Waals surface area contributed by atoms with Gasteiger partial charge in [-0.05, 0) is 228 Å². The van der Waals surface area contributed by atoms with Crippen molar-refractivity contribution in [3.8, 4) is 78.8 Å². The van der Waals surface area contributed by atoms with Crippen LogP contribution in [0.4, 0.5) is 0 Å². The zero-order chi connectivity index (χ0) is 93.4. The van der Waals surface area contributed by atoms with Gasteiger partial charge in [0, 0.05) is 136 Å². The lowest BCUT2D eigenvalue weighted by molar-refractivity contribution is 0.569. The molecule has 0 radical (unpaired) electrons. The molecule has 0 amide bonds. The average Bonchev–Trinajstić information content (AvgIpc) is 0.714. The number of nitrogens with zero attached hydrogens (tertiary/aromatic N) is 13. The summed E-state index contributed by atoms with van der Waals surface area (Å²) < 4.78 is 0. The highest BCUT2D eigenvalue weighted by atomic mass is 14.8. The molecule has 13 aromatic heterocycles. The third-order valence-corrected chi connectivity index (χ3v) is 28.6. The summed E-state index contributed by atoms with van der Waals surface area (Å²) >= 11 is 0. The van der Waals surface area contributed by atoms with Gasteiger partial charge in [-0.2, -0.15) is 0 Å². The van der Waals surface area contributed by atoms with Gasteiger partial charge in [-0.1, -0.05) is 279 Å². The molecule has 4 aliphatic carbocycles. The maximum absolute atomic E-state index is 5.19. The molecule has 0 spiro atoms. The van der Waals surface area contributed by atoms with Crippen molar-refractivity contribution in [3.05, 3.63) is 489 Å². The van der Waals surface area contributed by atoms with Crippen LogP contribution in [0, 0.1) is 11.8 Å². The molecule has 26 aromatic rings. The van der Waals surface area contributed by atoms with Gasteiger partial charge < -0.3 is 0 Å². The van der Waals surface area contributed by atoms with Gasteiger partial charge in [0.1, 0.15) is 0 Å². The van der Waals surface area contributed by atoms with Crippen molar-refractivity contribution in [1.82, 2.24) is 64.8 Å². The molecule has 0 saturated heterocycles. The van der Waals surface area contributed by atoms with Crippen molar-refractivity contribution in [2.24, 2.45) is 11.8 Å². The van der Waals surface area contributed by atoms with E-state index in [1.165, 1.54) is 77.2 Å². The monoisotopic (exact) mass is 1810 g/mol. The summed E-state index contributed by atoms with van der Waals surface area (Å²) in [6.07, 6.45) is 29.6. The van der Waals surface area contributed by atoms with Crippen LogP contribution in [0.25, 0.3) is 253 Å². The van der Waals surface area contributed by atoms with Gasteiger partial charge in [-0.3, -0.25) is 29.9 Å². The first-order valence-corrected chi connectivity index (χ1v) is 47.8. The van der Waals surface area contributed by atoms with E-state index in [-0.39, 0.29) is 11.8 Å². The third-order valence-electron chi connectivity index (χ3n) is 28.6. The Morgan fingerprint density at radius 1 is 0.176 bits per heavy atom. The summed E-state index contributed by atoms with van der Waals surface area (Å²) in [4.78, 5) is 63.2. The molecule has 2 atom stereocenters. The highest BCUT2D eigenvalue weighted by molar-refractivity contribution is 6.21. The number of hydrogen-bond acceptors (Lipinski definition) is 13. The quantitative estimate of drug-likeness (QED) is 0.0990. The van der Waals surface area contributed by atoms with Gasteiger partial charge in [-0.15, -0.1) is 0 Å². The van der Waals surface area contributed by atoms with Gasteiger partial charge in [0.15, 0.2) is 0 Å². The molecule has 2 unspecified atom stereocenters. The standard InChI is InChI=1S/C46H28N4.C44H26N4.C39H23N5/c1-2-8-38-36(7-1)44(37-22-16-30-6-5-25-48-45(30)46(37)50-38)35-21-15-29-13-19-33-32(18-12-28-14-20-34(35)43(29)42(28)33)31-11-10-27-17-23-40(49-41(27)26-31)39-9-3-4-24-47-39;1-2-8-38-35(7-1)42(36-20-16-29-6-5-23-46-43(29)44(36)48-38)33-15-11-27-10-14-32-24-30(17-19-34(32)37(27)25-33)31-13-12-28-18-21-40(47-41(28)26-31)39-9-3-4-22-45-39;1-2-8-32-29(7-1)37(30-16-12-25-6-5-21-41-38(25)39(30)44-32)35-19-15-28-22-26(14-17-31(28)42-35)27-11-10-24-13-18-34(43-36(24)23-27)33-9-3-4-20-40-33/h1-26,42-43H;1-26H;1-23H. The first kappa shape index (κ1) is 81.3. The minimum Gasteiger partial charge on any atom is -0.255 e. The second-order valence-electron chi connectivity index (χ2n) is 36.6. The third kappa shape index (κ3) is 14.0.